The van der Waals surface area contributed by atoms with Gasteiger partial charge in [-0.05, 0) is 34.6 Å². The maximum Gasteiger partial charge on any atom is 0.0421 e. The van der Waals surface area contributed by atoms with Gasteiger partial charge < -0.3 is 11.5 Å². The number of nitrogens with two attached hydrogens (primary N) is 2. The third kappa shape index (κ3) is 1.31. The predicted molar refractivity (Wildman–Crippen MR) is 81.0 cm³/mol. The summed E-state index contributed by atoms with van der Waals surface area (Å²) in [6.07, 6.45) is 0.948. The van der Waals surface area contributed by atoms with Crippen LogP contribution in [0.15, 0.2) is 48.5 Å². The van der Waals surface area contributed by atoms with Crippen molar-refractivity contribution >= 4 is 22.1 Å². The highest BCUT2D eigenvalue weighted by Crippen LogP contribution is 2.44. The van der Waals surface area contributed by atoms with Crippen LogP contribution in [0.4, 0.5) is 11.4 Å². The summed E-state index contributed by atoms with van der Waals surface area (Å²) in [6, 6.07) is 16.7. The van der Waals surface area contributed by atoms with E-state index in [1.165, 1.54) is 22.1 Å². The first-order valence-electron chi connectivity index (χ1n) is 6.43. The fraction of sp³-hybridized carbons (Fsp3) is 0.0588. The Labute approximate surface area is 111 Å². The third-order valence-corrected chi connectivity index (χ3v) is 3.98. The van der Waals surface area contributed by atoms with Crippen LogP contribution in [0, 0.1) is 0 Å². The zero-order chi connectivity index (χ0) is 13.0. The zero-order valence-electron chi connectivity index (χ0n) is 10.5. The van der Waals surface area contributed by atoms with Gasteiger partial charge in [0.25, 0.3) is 0 Å². The lowest BCUT2D eigenvalue weighted by Gasteiger charge is -2.23. The molecular weight excluding hydrogens is 232 g/mol. The maximum atomic E-state index is 6.24. The van der Waals surface area contributed by atoms with Crippen molar-refractivity contribution in [3.63, 3.8) is 0 Å². The van der Waals surface area contributed by atoms with Crippen LogP contribution < -0.4 is 11.5 Å². The molecule has 0 spiro atoms. The Hall–Kier alpha value is -2.48. The van der Waals surface area contributed by atoms with E-state index in [1.54, 1.807) is 0 Å². The van der Waals surface area contributed by atoms with Crippen LogP contribution in [0.25, 0.3) is 21.9 Å². The Bertz CT molecular complexity index is 819. The topological polar surface area (TPSA) is 52.0 Å². The molecule has 19 heavy (non-hydrogen) atoms. The Morgan fingerprint density at radius 2 is 1.58 bits per heavy atom. The Morgan fingerprint density at radius 3 is 2.47 bits per heavy atom. The first-order chi connectivity index (χ1) is 9.25. The van der Waals surface area contributed by atoms with Crippen LogP contribution in [-0.4, -0.2) is 0 Å². The van der Waals surface area contributed by atoms with Crippen molar-refractivity contribution in [1.29, 1.82) is 0 Å². The molecule has 0 aromatic heterocycles. The zero-order valence-corrected chi connectivity index (χ0v) is 10.5. The average molecular weight is 246 g/mol. The van der Waals surface area contributed by atoms with E-state index in [4.69, 9.17) is 11.5 Å². The van der Waals surface area contributed by atoms with E-state index < -0.39 is 0 Å². The maximum absolute atomic E-state index is 6.24. The number of anilines is 2. The molecule has 0 radical (unpaired) electrons. The van der Waals surface area contributed by atoms with Crippen LogP contribution in [0.5, 0.6) is 0 Å². The van der Waals surface area contributed by atoms with Gasteiger partial charge in [0.2, 0.25) is 0 Å². The fourth-order valence-corrected chi connectivity index (χ4v) is 3.16. The summed E-state index contributed by atoms with van der Waals surface area (Å²) in [4.78, 5) is 0. The number of fused-ring (bicyclic) bond motifs is 2. The highest BCUT2D eigenvalue weighted by molar-refractivity contribution is 6.11. The molecule has 0 aliphatic heterocycles. The largest absolute Gasteiger partial charge is 0.398 e. The quantitative estimate of drug-likeness (QED) is 0.466. The van der Waals surface area contributed by atoms with Crippen molar-refractivity contribution < 1.29 is 0 Å². The third-order valence-electron chi connectivity index (χ3n) is 3.98. The molecule has 4 N–H and O–H groups in total. The summed E-state index contributed by atoms with van der Waals surface area (Å²) >= 11 is 0. The van der Waals surface area contributed by atoms with Crippen LogP contribution in [0.1, 0.15) is 11.1 Å². The number of rotatable bonds is 0. The number of nitrogen functional groups attached to an aromatic ring is 2. The number of benzene rings is 3. The molecule has 0 bridgehead atoms. The van der Waals surface area contributed by atoms with Gasteiger partial charge in [-0.2, -0.15) is 0 Å². The van der Waals surface area contributed by atoms with E-state index in [2.05, 4.69) is 42.5 Å². The highest BCUT2D eigenvalue weighted by atomic mass is 14.6. The molecule has 0 saturated carbocycles. The van der Waals surface area contributed by atoms with Gasteiger partial charge in [0, 0.05) is 22.3 Å². The average Bonchev–Trinajstić information content (AvgIpc) is 2.42. The molecule has 92 valence electrons. The second-order valence-corrected chi connectivity index (χ2v) is 5.10. The van der Waals surface area contributed by atoms with E-state index >= 15 is 0 Å². The molecule has 0 fully saturated rings. The smallest absolute Gasteiger partial charge is 0.0421 e. The first kappa shape index (κ1) is 10.4. The lowest BCUT2D eigenvalue weighted by atomic mass is 9.82. The Balaban J connectivity index is 2.26. The van der Waals surface area contributed by atoms with E-state index in [1.807, 2.05) is 6.07 Å². The van der Waals surface area contributed by atoms with Crippen molar-refractivity contribution in [3.8, 4) is 11.1 Å². The number of hydrogen-bond donors (Lipinski definition) is 2. The summed E-state index contributed by atoms with van der Waals surface area (Å²) in [5.74, 6) is 0. The highest BCUT2D eigenvalue weighted by Gasteiger charge is 2.20. The second-order valence-electron chi connectivity index (χ2n) is 5.10. The van der Waals surface area contributed by atoms with Crippen LogP contribution in [0.3, 0.4) is 0 Å². The van der Waals surface area contributed by atoms with Crippen molar-refractivity contribution in [2.75, 3.05) is 11.5 Å². The van der Waals surface area contributed by atoms with Gasteiger partial charge >= 0.3 is 0 Å². The summed E-state index contributed by atoms with van der Waals surface area (Å²) in [5.41, 5.74) is 18.9. The predicted octanol–water partition coefficient (Wildman–Crippen LogP) is 3.58. The minimum absolute atomic E-state index is 0.762. The summed E-state index contributed by atoms with van der Waals surface area (Å²) in [5, 5.41) is 2.33. The summed E-state index contributed by atoms with van der Waals surface area (Å²) in [7, 11) is 0. The van der Waals surface area contributed by atoms with Crippen molar-refractivity contribution in [1.82, 2.24) is 0 Å². The van der Waals surface area contributed by atoms with Gasteiger partial charge in [-0.15, -0.1) is 0 Å². The van der Waals surface area contributed by atoms with E-state index in [-0.39, 0.29) is 0 Å². The Morgan fingerprint density at radius 1 is 0.789 bits per heavy atom. The Kier molecular flexibility index (Phi) is 1.93. The first-order valence-corrected chi connectivity index (χ1v) is 6.43. The fourth-order valence-electron chi connectivity index (χ4n) is 3.16. The van der Waals surface area contributed by atoms with E-state index in [9.17, 15) is 0 Å². The molecule has 3 aromatic rings. The van der Waals surface area contributed by atoms with Crippen molar-refractivity contribution in [3.05, 3.63) is 59.7 Å². The molecule has 0 heterocycles. The molecule has 0 unspecified atom stereocenters. The van der Waals surface area contributed by atoms with Crippen molar-refractivity contribution in [2.24, 2.45) is 0 Å². The second kappa shape index (κ2) is 3.51. The van der Waals surface area contributed by atoms with Gasteiger partial charge in [0.1, 0.15) is 0 Å². The molecular formula is C17H14N2. The normalized spacial score (nSPS) is 12.4. The van der Waals surface area contributed by atoms with Crippen molar-refractivity contribution in [2.45, 2.75) is 6.42 Å². The molecule has 4 rings (SSSR count). The molecule has 3 aromatic carbocycles. The molecule has 1 aliphatic carbocycles. The molecule has 0 saturated heterocycles. The van der Waals surface area contributed by atoms with Gasteiger partial charge in [-0.25, -0.2) is 0 Å². The monoisotopic (exact) mass is 246 g/mol. The van der Waals surface area contributed by atoms with E-state index in [0.29, 0.717) is 0 Å². The van der Waals surface area contributed by atoms with Crippen LogP contribution >= 0.6 is 0 Å². The van der Waals surface area contributed by atoms with Crippen LogP contribution in [-0.2, 0) is 6.42 Å². The van der Waals surface area contributed by atoms with Gasteiger partial charge in [0.15, 0.2) is 0 Å². The summed E-state index contributed by atoms with van der Waals surface area (Å²) < 4.78 is 0. The van der Waals surface area contributed by atoms with Crippen LogP contribution in [0.2, 0.25) is 0 Å². The summed E-state index contributed by atoms with van der Waals surface area (Å²) in [6.45, 7) is 0. The van der Waals surface area contributed by atoms with Gasteiger partial charge in [-0.3, -0.25) is 0 Å². The standard InChI is InChI=1S/C17H14N2/c18-14-9-15(19)17-12-6-2-1-4-10(12)8-11-5-3-7-13(14)16(11)17/h1-7,9H,8,18-19H2. The minimum Gasteiger partial charge on any atom is -0.398 e. The lowest BCUT2D eigenvalue weighted by Crippen LogP contribution is -2.05. The van der Waals surface area contributed by atoms with Gasteiger partial charge in [-0.1, -0.05) is 42.5 Å². The molecule has 2 heteroatoms. The molecule has 0 atom stereocenters. The molecule has 1 aliphatic rings. The number of hydrogen-bond acceptors (Lipinski definition) is 2. The van der Waals surface area contributed by atoms with Gasteiger partial charge in [0.05, 0.1) is 0 Å². The SMILES string of the molecule is Nc1cc(N)c2cccc3c2c1-c1ccccc1C3. The van der Waals surface area contributed by atoms with E-state index in [0.717, 1.165) is 28.7 Å². The lowest BCUT2D eigenvalue weighted by molar-refractivity contribution is 1.20. The molecule has 0 amide bonds. The molecule has 2 nitrogen and oxygen atoms in total. The minimum atomic E-state index is 0.762.